The van der Waals surface area contributed by atoms with Crippen LogP contribution in [0, 0.1) is 0 Å². The molecule has 3 aromatic rings. The average Bonchev–Trinajstić information content (AvgIpc) is 3.16. The zero-order chi connectivity index (χ0) is 27.3. The third-order valence-corrected chi connectivity index (χ3v) is 7.68. The van der Waals surface area contributed by atoms with Crippen LogP contribution in [0.2, 0.25) is 10.0 Å². The Bertz CT molecular complexity index is 1290. The van der Waals surface area contributed by atoms with Gasteiger partial charge in [-0.1, -0.05) is 59.6 Å². The summed E-state index contributed by atoms with van der Waals surface area (Å²) in [6.45, 7) is 2.43. The normalized spacial score (nSPS) is 18.5. The predicted molar refractivity (Wildman–Crippen MR) is 147 cm³/mol. The van der Waals surface area contributed by atoms with Crippen molar-refractivity contribution in [2.24, 2.45) is 0 Å². The molecule has 2 N–H and O–H groups in total. The van der Waals surface area contributed by atoms with E-state index in [1.807, 2.05) is 42.5 Å². The second kappa shape index (κ2) is 11.5. The fourth-order valence-electron chi connectivity index (χ4n) is 4.60. The van der Waals surface area contributed by atoms with Crippen LogP contribution in [0.25, 0.3) is 0 Å². The maximum atomic E-state index is 12.3. The molecule has 2 amide bonds. The molecule has 1 saturated heterocycles. The largest absolute Gasteiger partial charge is 0.494 e. The Morgan fingerprint density at radius 1 is 1.03 bits per heavy atom. The Morgan fingerprint density at radius 2 is 1.71 bits per heavy atom. The molecule has 0 radical (unpaired) electrons. The Morgan fingerprint density at radius 3 is 2.32 bits per heavy atom. The van der Waals surface area contributed by atoms with Gasteiger partial charge in [-0.05, 0) is 60.9 Å². The molecule has 1 fully saturated rings. The summed E-state index contributed by atoms with van der Waals surface area (Å²) in [6.07, 6.45) is 1.37. The molecule has 0 spiro atoms. The van der Waals surface area contributed by atoms with E-state index < -0.39 is 17.1 Å². The number of nitrogens with one attached hydrogen (secondary N) is 1. The van der Waals surface area contributed by atoms with Gasteiger partial charge in [-0.15, -0.1) is 0 Å². The Hall–Kier alpha value is -3.42. The second-order valence-electron chi connectivity index (χ2n) is 9.74. The van der Waals surface area contributed by atoms with Crippen LogP contribution in [0.1, 0.15) is 24.5 Å². The van der Waals surface area contributed by atoms with Crippen molar-refractivity contribution in [1.82, 2.24) is 10.2 Å². The van der Waals surface area contributed by atoms with Crippen molar-refractivity contribution in [2.45, 2.75) is 37.3 Å². The van der Waals surface area contributed by atoms with E-state index in [0.29, 0.717) is 47.5 Å². The molecule has 2 unspecified atom stereocenters. The lowest BCUT2D eigenvalue weighted by Gasteiger charge is -2.35. The summed E-state index contributed by atoms with van der Waals surface area (Å²) < 4.78 is 11.9. The minimum atomic E-state index is -1.42. The van der Waals surface area contributed by atoms with Gasteiger partial charge >= 0.3 is 12.0 Å². The molecule has 2 atom stereocenters. The summed E-state index contributed by atoms with van der Waals surface area (Å²) in [5.41, 5.74) is -0.120. The molecule has 0 aromatic heterocycles. The molecule has 4 rings (SSSR count). The lowest BCUT2D eigenvalue weighted by Crippen LogP contribution is -2.47. The van der Waals surface area contributed by atoms with E-state index in [2.05, 4.69) is 5.32 Å². The predicted octanol–water partition coefficient (Wildman–Crippen LogP) is 5.86. The Balaban J connectivity index is 1.39. The average molecular weight is 557 g/mol. The maximum absolute atomic E-state index is 12.3. The number of hydrogen-bond donors (Lipinski definition) is 2. The lowest BCUT2D eigenvalue weighted by atomic mass is 9.87. The summed E-state index contributed by atoms with van der Waals surface area (Å²) in [7, 11) is 1.78. The molecule has 1 aliphatic rings. The third-order valence-electron chi connectivity index (χ3n) is 6.94. The number of nitrogens with zero attached hydrogens (tertiary/aromatic N) is 1. The van der Waals surface area contributed by atoms with Crippen LogP contribution >= 0.6 is 23.2 Å². The maximum Gasteiger partial charge on any atom is 0.348 e. The van der Waals surface area contributed by atoms with Gasteiger partial charge in [0.1, 0.15) is 11.5 Å². The van der Waals surface area contributed by atoms with Gasteiger partial charge in [-0.2, -0.15) is 0 Å². The van der Waals surface area contributed by atoms with Crippen LogP contribution in [0.5, 0.6) is 11.5 Å². The molecule has 200 valence electrons. The molecule has 1 aliphatic heterocycles. The van der Waals surface area contributed by atoms with Crippen LogP contribution in [0.4, 0.5) is 4.79 Å². The van der Waals surface area contributed by atoms with E-state index in [1.165, 1.54) is 0 Å². The lowest BCUT2D eigenvalue weighted by molar-refractivity contribution is -0.153. The van der Waals surface area contributed by atoms with Gasteiger partial charge in [-0.25, -0.2) is 9.59 Å². The molecular formula is C29H30Cl2N2O5. The van der Waals surface area contributed by atoms with E-state index in [9.17, 15) is 14.7 Å². The Kier molecular flexibility index (Phi) is 8.38. The first-order chi connectivity index (χ1) is 18.1. The molecule has 0 saturated carbocycles. The number of aliphatic carboxylic acids is 1. The van der Waals surface area contributed by atoms with Crippen LogP contribution in [0.3, 0.4) is 0 Å². The Labute approximate surface area is 232 Å². The monoisotopic (exact) mass is 556 g/mol. The molecule has 0 bridgehead atoms. The standard InChI is InChI=1S/C29H30Cl2N2O5/c1-28(26(34)35,38-23-6-4-3-5-7-23)17-20-8-11-22(12-9-20)37-15-14-29(19-32-27(36)33(29)2)18-21-10-13-24(30)25(31)16-21/h3-13,16H,14-15,17-19H2,1-2H3,(H,32,36)(H,34,35). The number of ether oxygens (including phenoxy) is 2. The van der Waals surface area contributed by atoms with Gasteiger partial charge in [-0.3, -0.25) is 0 Å². The van der Waals surface area contributed by atoms with Crippen LogP contribution in [-0.4, -0.2) is 53.3 Å². The summed E-state index contributed by atoms with van der Waals surface area (Å²) >= 11 is 12.3. The summed E-state index contributed by atoms with van der Waals surface area (Å²) in [5.74, 6) is 0.106. The number of rotatable bonds is 11. The summed E-state index contributed by atoms with van der Waals surface area (Å²) in [5, 5.41) is 13.7. The fourth-order valence-corrected chi connectivity index (χ4v) is 4.92. The highest BCUT2D eigenvalue weighted by atomic mass is 35.5. The highest BCUT2D eigenvalue weighted by molar-refractivity contribution is 6.42. The summed E-state index contributed by atoms with van der Waals surface area (Å²) in [4.78, 5) is 26.1. The van der Waals surface area contributed by atoms with Crippen LogP contribution in [-0.2, 0) is 17.6 Å². The van der Waals surface area contributed by atoms with Crippen molar-refractivity contribution in [3.05, 3.63) is 94.0 Å². The molecule has 3 aromatic carbocycles. The van der Waals surface area contributed by atoms with E-state index in [1.54, 1.807) is 49.2 Å². The molecule has 7 nitrogen and oxygen atoms in total. The SMILES string of the molecule is CN1C(=O)NCC1(CCOc1ccc(CC(C)(Oc2ccccc2)C(=O)O)cc1)Cc1ccc(Cl)c(Cl)c1. The highest BCUT2D eigenvalue weighted by Crippen LogP contribution is 2.31. The van der Waals surface area contributed by atoms with Gasteiger partial charge in [0, 0.05) is 26.4 Å². The van der Waals surface area contributed by atoms with E-state index in [0.717, 1.165) is 11.1 Å². The van der Waals surface area contributed by atoms with Crippen molar-refractivity contribution in [3.63, 3.8) is 0 Å². The number of likely N-dealkylation sites (N-methyl/N-ethyl adjacent to an activating group) is 1. The third kappa shape index (κ3) is 6.34. The quantitative estimate of drug-likeness (QED) is 0.308. The van der Waals surface area contributed by atoms with Crippen molar-refractivity contribution in [2.75, 3.05) is 20.2 Å². The number of halogens is 2. The van der Waals surface area contributed by atoms with Crippen LogP contribution in [0.15, 0.2) is 72.8 Å². The van der Waals surface area contributed by atoms with Gasteiger partial charge in [0.2, 0.25) is 5.60 Å². The van der Waals surface area contributed by atoms with Crippen molar-refractivity contribution in [1.29, 1.82) is 0 Å². The number of hydrogen-bond acceptors (Lipinski definition) is 4. The summed E-state index contributed by atoms with van der Waals surface area (Å²) in [6, 6.07) is 21.6. The van der Waals surface area contributed by atoms with Crippen LogP contribution < -0.4 is 14.8 Å². The first-order valence-corrected chi connectivity index (χ1v) is 13.0. The topological polar surface area (TPSA) is 88.1 Å². The van der Waals surface area contributed by atoms with Crippen molar-refractivity contribution in [3.8, 4) is 11.5 Å². The molecule has 1 heterocycles. The fraction of sp³-hybridized carbons (Fsp3) is 0.310. The minimum absolute atomic E-state index is 0.131. The van der Waals surface area contributed by atoms with Gasteiger partial charge < -0.3 is 24.8 Å². The first-order valence-electron chi connectivity index (χ1n) is 12.3. The number of carbonyl (C=O) groups is 2. The molecule has 38 heavy (non-hydrogen) atoms. The molecule has 0 aliphatic carbocycles. The molecule has 9 heteroatoms. The van der Waals surface area contributed by atoms with Crippen molar-refractivity contribution >= 4 is 35.2 Å². The van der Waals surface area contributed by atoms with Crippen molar-refractivity contribution < 1.29 is 24.2 Å². The van der Waals surface area contributed by atoms with Gasteiger partial charge in [0.15, 0.2) is 0 Å². The molecular weight excluding hydrogens is 527 g/mol. The zero-order valence-electron chi connectivity index (χ0n) is 21.2. The van der Waals surface area contributed by atoms with E-state index >= 15 is 0 Å². The van der Waals surface area contributed by atoms with E-state index in [4.69, 9.17) is 32.7 Å². The number of urea groups is 1. The first kappa shape index (κ1) is 27.6. The number of para-hydroxylation sites is 1. The van der Waals surface area contributed by atoms with Gasteiger partial charge in [0.25, 0.3) is 0 Å². The highest BCUT2D eigenvalue weighted by Gasteiger charge is 2.43. The number of carboxylic acid groups (broad SMARTS) is 1. The number of carboxylic acids is 1. The zero-order valence-corrected chi connectivity index (χ0v) is 22.8. The smallest absolute Gasteiger partial charge is 0.348 e. The number of amides is 2. The number of carbonyl (C=O) groups excluding carboxylic acids is 1. The number of benzene rings is 3. The van der Waals surface area contributed by atoms with Gasteiger partial charge in [0.05, 0.1) is 22.2 Å². The minimum Gasteiger partial charge on any atom is -0.494 e. The van der Waals surface area contributed by atoms with E-state index in [-0.39, 0.29) is 12.5 Å². The second-order valence-corrected chi connectivity index (χ2v) is 10.6.